The van der Waals surface area contributed by atoms with E-state index in [0.717, 1.165) is 9.87 Å². The molecule has 3 aromatic carbocycles. The Labute approximate surface area is 198 Å². The third kappa shape index (κ3) is 5.71. The fraction of sp³-hybridized carbons (Fsp3) is 0.167. The number of nitrogens with zero attached hydrogens (tertiary/aromatic N) is 1. The van der Waals surface area contributed by atoms with Crippen molar-refractivity contribution in [2.24, 2.45) is 0 Å². The molecule has 1 N–H and O–H groups in total. The minimum atomic E-state index is -4.10. The molecule has 0 bridgehead atoms. The summed E-state index contributed by atoms with van der Waals surface area (Å²) < 4.78 is 33.1. The third-order valence-corrected chi connectivity index (χ3v) is 6.96. The maximum absolute atomic E-state index is 13.5. The fourth-order valence-corrected chi connectivity index (χ4v) is 4.77. The molecule has 0 atom stereocenters. The molecule has 172 valence electrons. The number of rotatable bonds is 8. The average Bonchev–Trinajstić information content (AvgIpc) is 2.77. The summed E-state index contributed by atoms with van der Waals surface area (Å²) in [4.78, 5) is 24.5. The molecule has 0 radical (unpaired) electrons. The number of Topliss-reactive ketones (excluding diaryl/α,β-unsaturated/α-hetero) is 1. The summed E-state index contributed by atoms with van der Waals surface area (Å²) in [6.07, 6.45) is 0. The molecule has 33 heavy (non-hydrogen) atoms. The molecule has 0 aliphatic rings. The van der Waals surface area contributed by atoms with Crippen LogP contribution in [0.1, 0.15) is 22.8 Å². The SMILES string of the molecule is COc1ccc(N(CC(=O)Nc2cccc(C(C)=O)c2)S(=O)(=O)c2ccc(C)cc2)cc1Cl. The Kier molecular flexibility index (Phi) is 7.40. The largest absolute Gasteiger partial charge is 0.495 e. The Hall–Kier alpha value is -3.36. The van der Waals surface area contributed by atoms with Crippen LogP contribution < -0.4 is 14.4 Å². The van der Waals surface area contributed by atoms with E-state index in [1.54, 1.807) is 30.3 Å². The molecule has 3 aromatic rings. The summed E-state index contributed by atoms with van der Waals surface area (Å²) >= 11 is 6.22. The molecule has 0 aliphatic carbocycles. The lowest BCUT2D eigenvalue weighted by atomic mass is 10.1. The van der Waals surface area contributed by atoms with E-state index < -0.39 is 22.5 Å². The van der Waals surface area contributed by atoms with Gasteiger partial charge < -0.3 is 10.1 Å². The van der Waals surface area contributed by atoms with Gasteiger partial charge in [-0.05, 0) is 56.3 Å². The van der Waals surface area contributed by atoms with Crippen LogP contribution in [0, 0.1) is 6.92 Å². The highest BCUT2D eigenvalue weighted by molar-refractivity contribution is 7.92. The standard InChI is InChI=1S/C24H23ClN2O5S/c1-16-7-10-21(11-8-16)33(30,31)27(20-9-12-23(32-3)22(25)14-20)15-24(29)26-19-6-4-5-18(13-19)17(2)28/h4-14H,15H2,1-3H3,(H,26,29). The van der Waals surface area contributed by atoms with E-state index in [-0.39, 0.29) is 21.4 Å². The lowest BCUT2D eigenvalue weighted by Crippen LogP contribution is -2.38. The Balaban J connectivity index is 1.97. The molecule has 0 unspecified atom stereocenters. The summed E-state index contributed by atoms with van der Waals surface area (Å²) in [5, 5.41) is 2.85. The first-order valence-electron chi connectivity index (χ1n) is 9.95. The molecular weight excluding hydrogens is 464 g/mol. The van der Waals surface area contributed by atoms with Crippen molar-refractivity contribution in [1.29, 1.82) is 0 Å². The number of methoxy groups -OCH3 is 1. The van der Waals surface area contributed by atoms with Gasteiger partial charge in [0.25, 0.3) is 10.0 Å². The average molecular weight is 487 g/mol. The summed E-state index contributed by atoms with van der Waals surface area (Å²) in [6.45, 7) is 2.76. The van der Waals surface area contributed by atoms with E-state index in [9.17, 15) is 18.0 Å². The summed E-state index contributed by atoms with van der Waals surface area (Å²) in [6, 6.07) is 17.2. The van der Waals surface area contributed by atoms with Gasteiger partial charge in [0.2, 0.25) is 5.91 Å². The molecule has 0 spiro atoms. The van der Waals surface area contributed by atoms with Crippen molar-refractivity contribution in [3.8, 4) is 5.75 Å². The molecular formula is C24H23ClN2O5S. The number of amides is 1. The van der Waals surface area contributed by atoms with Gasteiger partial charge in [0.05, 0.1) is 22.7 Å². The summed E-state index contributed by atoms with van der Waals surface area (Å²) in [7, 11) is -2.65. The number of hydrogen-bond acceptors (Lipinski definition) is 5. The fourth-order valence-electron chi connectivity index (χ4n) is 3.11. The quantitative estimate of drug-likeness (QED) is 0.466. The number of anilines is 2. The van der Waals surface area contributed by atoms with Crippen molar-refractivity contribution in [3.05, 3.63) is 82.9 Å². The maximum atomic E-state index is 13.5. The van der Waals surface area contributed by atoms with E-state index in [2.05, 4.69) is 5.32 Å². The van der Waals surface area contributed by atoms with Crippen molar-refractivity contribution in [1.82, 2.24) is 0 Å². The van der Waals surface area contributed by atoms with Crippen molar-refractivity contribution in [2.45, 2.75) is 18.7 Å². The number of carbonyl (C=O) groups excluding carboxylic acids is 2. The first kappa shape index (κ1) is 24.3. The minimum Gasteiger partial charge on any atom is -0.495 e. The van der Waals surface area contributed by atoms with Crippen molar-refractivity contribution >= 4 is 44.7 Å². The van der Waals surface area contributed by atoms with Crippen LogP contribution in [0.2, 0.25) is 5.02 Å². The highest BCUT2D eigenvalue weighted by Gasteiger charge is 2.28. The number of sulfonamides is 1. The van der Waals surface area contributed by atoms with E-state index in [0.29, 0.717) is 17.0 Å². The summed E-state index contributed by atoms with van der Waals surface area (Å²) in [5.41, 5.74) is 1.91. The van der Waals surface area contributed by atoms with Gasteiger partial charge in [-0.1, -0.05) is 41.4 Å². The molecule has 3 rings (SSSR count). The van der Waals surface area contributed by atoms with Gasteiger partial charge in [0.1, 0.15) is 12.3 Å². The zero-order valence-corrected chi connectivity index (χ0v) is 19.9. The van der Waals surface area contributed by atoms with Crippen molar-refractivity contribution < 1.29 is 22.7 Å². The van der Waals surface area contributed by atoms with Crippen LogP contribution in [0.4, 0.5) is 11.4 Å². The van der Waals surface area contributed by atoms with Gasteiger partial charge in [-0.25, -0.2) is 8.42 Å². The second-order valence-corrected chi connectivity index (χ2v) is 9.60. The molecule has 0 heterocycles. The van der Waals surface area contributed by atoms with Gasteiger partial charge in [0.15, 0.2) is 5.78 Å². The van der Waals surface area contributed by atoms with Crippen molar-refractivity contribution in [3.63, 3.8) is 0 Å². The molecule has 0 saturated heterocycles. The highest BCUT2D eigenvalue weighted by Crippen LogP contribution is 2.32. The number of aryl methyl sites for hydroxylation is 1. The number of ether oxygens (including phenoxy) is 1. The number of hydrogen-bond donors (Lipinski definition) is 1. The Morgan fingerprint density at radius 2 is 1.73 bits per heavy atom. The molecule has 7 nitrogen and oxygen atoms in total. The third-order valence-electron chi connectivity index (χ3n) is 4.87. The van der Waals surface area contributed by atoms with Crippen LogP contribution in [-0.2, 0) is 14.8 Å². The van der Waals surface area contributed by atoms with Gasteiger partial charge in [-0.2, -0.15) is 0 Å². The smallest absolute Gasteiger partial charge is 0.264 e. The number of carbonyl (C=O) groups is 2. The predicted octanol–water partition coefficient (Wildman–Crippen LogP) is 4.69. The van der Waals surface area contributed by atoms with Crippen molar-refractivity contribution in [2.75, 3.05) is 23.3 Å². The Bertz CT molecular complexity index is 1290. The molecule has 0 aliphatic heterocycles. The predicted molar refractivity (Wildman–Crippen MR) is 129 cm³/mol. The van der Waals surface area contributed by atoms with E-state index in [1.807, 2.05) is 6.92 Å². The zero-order chi connectivity index (χ0) is 24.2. The van der Waals surface area contributed by atoms with Gasteiger partial charge in [-0.15, -0.1) is 0 Å². The first-order chi connectivity index (χ1) is 15.6. The Morgan fingerprint density at radius 1 is 1.03 bits per heavy atom. The molecule has 0 aromatic heterocycles. The molecule has 9 heteroatoms. The number of benzene rings is 3. The highest BCUT2D eigenvalue weighted by atomic mass is 35.5. The zero-order valence-electron chi connectivity index (χ0n) is 18.3. The summed E-state index contributed by atoms with van der Waals surface area (Å²) in [5.74, 6) is -0.362. The van der Waals surface area contributed by atoms with Crippen LogP contribution >= 0.6 is 11.6 Å². The van der Waals surface area contributed by atoms with E-state index >= 15 is 0 Å². The molecule has 0 fully saturated rings. The lowest BCUT2D eigenvalue weighted by Gasteiger charge is -2.24. The number of halogens is 1. The van der Waals surface area contributed by atoms with Gasteiger partial charge >= 0.3 is 0 Å². The van der Waals surface area contributed by atoms with Crippen LogP contribution in [0.25, 0.3) is 0 Å². The second-order valence-electron chi connectivity index (χ2n) is 7.33. The first-order valence-corrected chi connectivity index (χ1v) is 11.8. The number of ketones is 1. The number of nitrogens with one attached hydrogen (secondary N) is 1. The van der Waals surface area contributed by atoms with Crippen LogP contribution in [0.15, 0.2) is 71.6 Å². The molecule has 0 saturated carbocycles. The monoisotopic (exact) mass is 486 g/mol. The molecule has 1 amide bonds. The Morgan fingerprint density at radius 3 is 2.33 bits per heavy atom. The van der Waals surface area contributed by atoms with Crippen LogP contribution in [0.5, 0.6) is 5.75 Å². The van der Waals surface area contributed by atoms with Gasteiger partial charge in [0, 0.05) is 11.3 Å². The topological polar surface area (TPSA) is 92.8 Å². The van der Waals surface area contributed by atoms with E-state index in [4.69, 9.17) is 16.3 Å². The van der Waals surface area contributed by atoms with E-state index in [1.165, 1.54) is 50.4 Å². The second kappa shape index (κ2) is 10.1. The van der Waals surface area contributed by atoms with Crippen LogP contribution in [0.3, 0.4) is 0 Å². The van der Waals surface area contributed by atoms with Crippen LogP contribution in [-0.4, -0.2) is 33.8 Å². The lowest BCUT2D eigenvalue weighted by molar-refractivity contribution is -0.114. The maximum Gasteiger partial charge on any atom is 0.264 e. The minimum absolute atomic E-state index is 0.0337. The van der Waals surface area contributed by atoms with Gasteiger partial charge in [-0.3, -0.25) is 13.9 Å². The normalized spacial score (nSPS) is 11.0.